The van der Waals surface area contributed by atoms with Crippen molar-refractivity contribution in [2.45, 2.75) is 18.5 Å². The first kappa shape index (κ1) is 13.3. The molecule has 2 aliphatic rings. The van der Waals surface area contributed by atoms with Gasteiger partial charge in [-0.1, -0.05) is 0 Å². The molecule has 0 saturated carbocycles. The molecule has 7 heteroatoms. The van der Waals surface area contributed by atoms with Crippen molar-refractivity contribution < 1.29 is 14.3 Å². The molecule has 2 bridgehead atoms. The summed E-state index contributed by atoms with van der Waals surface area (Å²) in [5, 5.41) is 12.4. The molecule has 3 N–H and O–H groups in total. The lowest BCUT2D eigenvalue weighted by Crippen LogP contribution is -2.44. The number of anilines is 1. The van der Waals surface area contributed by atoms with E-state index < -0.39 is 17.2 Å². The van der Waals surface area contributed by atoms with Crippen LogP contribution in [0.5, 0.6) is 0 Å². The van der Waals surface area contributed by atoms with Gasteiger partial charge >= 0.3 is 5.97 Å². The molecule has 4 rings (SSSR count). The number of benzene rings is 1. The Balaban J connectivity index is 1.86. The van der Waals surface area contributed by atoms with Gasteiger partial charge in [0.15, 0.2) is 0 Å². The van der Waals surface area contributed by atoms with E-state index in [9.17, 15) is 14.0 Å². The van der Waals surface area contributed by atoms with Gasteiger partial charge in [0.1, 0.15) is 11.4 Å². The van der Waals surface area contributed by atoms with Gasteiger partial charge in [-0.25, -0.2) is 9.18 Å². The second kappa shape index (κ2) is 4.54. The maximum Gasteiger partial charge on any atom is 0.341 e. The van der Waals surface area contributed by atoms with Crippen LogP contribution in [0.25, 0.3) is 10.9 Å². The van der Waals surface area contributed by atoms with Crippen molar-refractivity contribution in [1.82, 2.24) is 10.3 Å². The van der Waals surface area contributed by atoms with Crippen LogP contribution in [-0.4, -0.2) is 41.2 Å². The molecule has 114 valence electrons. The number of pyridine rings is 1. The van der Waals surface area contributed by atoms with E-state index in [1.165, 1.54) is 0 Å². The standard InChI is InChI=1S/C15H14FN3O3/c16-11-2-9-12(18-5-10(14(9)20)15(21)22)3-13(11)19-6-7-1-8(19)4-17-7/h2-3,5,7-8,17H,1,4,6H2,(H,18,20)(H,21,22)/t7-,8-/m1/s1. The van der Waals surface area contributed by atoms with Crippen LogP contribution in [0.2, 0.25) is 0 Å². The summed E-state index contributed by atoms with van der Waals surface area (Å²) < 4.78 is 14.4. The molecule has 2 atom stereocenters. The average molecular weight is 303 g/mol. The molecule has 0 amide bonds. The third kappa shape index (κ3) is 1.82. The molecule has 22 heavy (non-hydrogen) atoms. The average Bonchev–Trinajstić information content (AvgIpc) is 3.10. The number of piperazine rings is 1. The number of aromatic nitrogens is 1. The van der Waals surface area contributed by atoms with Gasteiger partial charge in [0.05, 0.1) is 11.2 Å². The second-order valence-electron chi connectivity index (χ2n) is 5.83. The van der Waals surface area contributed by atoms with E-state index in [1.807, 2.05) is 4.90 Å². The highest BCUT2D eigenvalue weighted by Crippen LogP contribution is 2.32. The van der Waals surface area contributed by atoms with Gasteiger partial charge in [-0.2, -0.15) is 0 Å². The first-order valence-electron chi connectivity index (χ1n) is 7.13. The SMILES string of the molecule is O=C(O)c1c[nH]c2cc(N3C[C@H]4C[C@@H]3CN4)c(F)cc2c1=O. The van der Waals surface area contributed by atoms with E-state index >= 15 is 0 Å². The molecule has 0 unspecified atom stereocenters. The van der Waals surface area contributed by atoms with E-state index in [0.29, 0.717) is 17.2 Å². The summed E-state index contributed by atoms with van der Waals surface area (Å²) in [5.74, 6) is -1.82. The van der Waals surface area contributed by atoms with Crippen LogP contribution in [0.1, 0.15) is 16.8 Å². The number of carbonyl (C=O) groups is 1. The monoisotopic (exact) mass is 303 g/mol. The Kier molecular flexibility index (Phi) is 2.74. The fourth-order valence-electron chi connectivity index (χ4n) is 3.46. The van der Waals surface area contributed by atoms with Gasteiger partial charge in [0.25, 0.3) is 0 Å². The van der Waals surface area contributed by atoms with Crippen molar-refractivity contribution in [3.05, 3.63) is 39.9 Å². The third-order valence-corrected chi connectivity index (χ3v) is 4.54. The minimum atomic E-state index is -1.32. The summed E-state index contributed by atoms with van der Waals surface area (Å²) >= 11 is 0. The Morgan fingerprint density at radius 2 is 2.23 bits per heavy atom. The maximum absolute atomic E-state index is 14.4. The number of carboxylic acid groups (broad SMARTS) is 1. The van der Waals surface area contributed by atoms with Crippen LogP contribution in [0, 0.1) is 5.82 Å². The Hall–Kier alpha value is -2.41. The molecule has 2 aromatic rings. The van der Waals surface area contributed by atoms with Crippen LogP contribution >= 0.6 is 0 Å². The highest BCUT2D eigenvalue weighted by atomic mass is 19.1. The summed E-state index contributed by atoms with van der Waals surface area (Å²) in [6.07, 6.45) is 2.15. The molecule has 1 aromatic carbocycles. The lowest BCUT2D eigenvalue weighted by Gasteiger charge is -2.30. The minimum Gasteiger partial charge on any atom is -0.477 e. The van der Waals surface area contributed by atoms with Crippen molar-refractivity contribution in [2.75, 3.05) is 18.0 Å². The number of nitrogens with zero attached hydrogens (tertiary/aromatic N) is 1. The van der Waals surface area contributed by atoms with Gasteiger partial charge in [-0.3, -0.25) is 4.79 Å². The number of hydrogen-bond acceptors (Lipinski definition) is 4. The van der Waals surface area contributed by atoms with Crippen LogP contribution in [0.3, 0.4) is 0 Å². The number of fused-ring (bicyclic) bond motifs is 3. The molecule has 2 fully saturated rings. The Labute approximate surface area is 124 Å². The van der Waals surface area contributed by atoms with Crippen molar-refractivity contribution in [3.63, 3.8) is 0 Å². The highest BCUT2D eigenvalue weighted by Gasteiger charge is 2.38. The second-order valence-corrected chi connectivity index (χ2v) is 5.83. The number of aromatic carboxylic acids is 1. The molecule has 0 aliphatic carbocycles. The number of carboxylic acids is 1. The first-order chi connectivity index (χ1) is 10.5. The number of aromatic amines is 1. The highest BCUT2D eigenvalue weighted by molar-refractivity contribution is 5.93. The topological polar surface area (TPSA) is 85.4 Å². The molecule has 2 saturated heterocycles. The van der Waals surface area contributed by atoms with E-state index in [0.717, 1.165) is 31.8 Å². The van der Waals surface area contributed by atoms with Crippen molar-refractivity contribution >= 4 is 22.6 Å². The van der Waals surface area contributed by atoms with E-state index in [4.69, 9.17) is 5.11 Å². The lowest BCUT2D eigenvalue weighted by molar-refractivity contribution is 0.0695. The van der Waals surface area contributed by atoms with Gasteiger partial charge < -0.3 is 20.3 Å². The van der Waals surface area contributed by atoms with Crippen molar-refractivity contribution in [3.8, 4) is 0 Å². The summed E-state index contributed by atoms with van der Waals surface area (Å²) in [7, 11) is 0. The Morgan fingerprint density at radius 3 is 2.86 bits per heavy atom. The van der Waals surface area contributed by atoms with Gasteiger partial charge in [-0.15, -0.1) is 0 Å². The Bertz CT molecular complexity index is 848. The first-order valence-corrected chi connectivity index (χ1v) is 7.13. The smallest absolute Gasteiger partial charge is 0.341 e. The normalized spacial score (nSPS) is 23.4. The van der Waals surface area contributed by atoms with E-state index in [2.05, 4.69) is 10.3 Å². The fourth-order valence-corrected chi connectivity index (χ4v) is 3.46. The number of hydrogen-bond donors (Lipinski definition) is 3. The predicted octanol–water partition coefficient (Wildman–Crippen LogP) is 0.916. The van der Waals surface area contributed by atoms with Crippen LogP contribution in [0.4, 0.5) is 10.1 Å². The number of rotatable bonds is 2. The maximum atomic E-state index is 14.4. The Morgan fingerprint density at radius 1 is 1.41 bits per heavy atom. The van der Waals surface area contributed by atoms with Crippen molar-refractivity contribution in [2.24, 2.45) is 0 Å². The molecule has 2 aliphatic heterocycles. The summed E-state index contributed by atoms with van der Waals surface area (Å²) in [5.41, 5.74) is -0.150. The largest absolute Gasteiger partial charge is 0.477 e. The number of H-pyrrole nitrogens is 1. The molecule has 3 heterocycles. The zero-order chi connectivity index (χ0) is 15.4. The van der Waals surface area contributed by atoms with Gasteiger partial charge in [0, 0.05) is 36.8 Å². The molecule has 0 spiro atoms. The molecule has 6 nitrogen and oxygen atoms in total. The van der Waals surface area contributed by atoms with Gasteiger partial charge in [0.2, 0.25) is 5.43 Å². The summed E-state index contributed by atoms with van der Waals surface area (Å²) in [6.45, 7) is 1.57. The zero-order valence-corrected chi connectivity index (χ0v) is 11.6. The predicted molar refractivity (Wildman–Crippen MR) is 79.0 cm³/mol. The quantitative estimate of drug-likeness (QED) is 0.768. The summed E-state index contributed by atoms with van der Waals surface area (Å²) in [4.78, 5) is 27.9. The summed E-state index contributed by atoms with van der Waals surface area (Å²) in [6, 6.07) is 3.38. The van der Waals surface area contributed by atoms with Crippen LogP contribution in [-0.2, 0) is 0 Å². The van der Waals surface area contributed by atoms with E-state index in [1.54, 1.807) is 6.07 Å². The van der Waals surface area contributed by atoms with Crippen LogP contribution in [0.15, 0.2) is 23.1 Å². The third-order valence-electron chi connectivity index (χ3n) is 4.54. The van der Waals surface area contributed by atoms with Crippen molar-refractivity contribution in [1.29, 1.82) is 0 Å². The lowest BCUT2D eigenvalue weighted by atomic mass is 10.1. The zero-order valence-electron chi connectivity index (χ0n) is 11.6. The molecule has 0 radical (unpaired) electrons. The van der Waals surface area contributed by atoms with Crippen LogP contribution < -0.4 is 15.6 Å². The van der Waals surface area contributed by atoms with Gasteiger partial charge in [-0.05, 0) is 18.6 Å². The van der Waals surface area contributed by atoms with E-state index in [-0.39, 0.29) is 17.0 Å². The minimum absolute atomic E-state index is 0.0589. The molecule has 1 aromatic heterocycles. The number of nitrogens with one attached hydrogen (secondary N) is 2. The fraction of sp³-hybridized carbons (Fsp3) is 0.333. The molecular formula is C15H14FN3O3. The number of halogens is 1. The molecular weight excluding hydrogens is 289 g/mol.